The van der Waals surface area contributed by atoms with Gasteiger partial charge in [0.05, 0.1) is 19.9 Å². The van der Waals surface area contributed by atoms with Crippen LogP contribution in [0.15, 0.2) is 12.3 Å². The fourth-order valence-electron chi connectivity index (χ4n) is 2.57. The molecule has 0 amide bonds. The summed E-state index contributed by atoms with van der Waals surface area (Å²) in [6.07, 6.45) is 4.32. The summed E-state index contributed by atoms with van der Waals surface area (Å²) < 4.78 is 10.6. The van der Waals surface area contributed by atoms with Crippen LogP contribution in [-0.2, 0) is 6.54 Å². The van der Waals surface area contributed by atoms with Crippen molar-refractivity contribution in [2.75, 3.05) is 34.4 Å². The lowest BCUT2D eigenvalue weighted by molar-refractivity contribution is 0.298. The number of rotatable bonds is 6. The van der Waals surface area contributed by atoms with E-state index in [0.29, 0.717) is 12.6 Å². The molecule has 1 aliphatic heterocycles. The highest BCUT2D eigenvalue weighted by Crippen LogP contribution is 2.28. The van der Waals surface area contributed by atoms with Gasteiger partial charge in [-0.25, -0.2) is 0 Å². The van der Waals surface area contributed by atoms with E-state index in [-0.39, 0.29) is 0 Å². The van der Waals surface area contributed by atoms with E-state index < -0.39 is 0 Å². The quantitative estimate of drug-likeness (QED) is 0.839. The lowest BCUT2D eigenvalue weighted by atomic mass is 10.2. The molecule has 5 nitrogen and oxygen atoms in total. The third-order valence-corrected chi connectivity index (χ3v) is 3.71. The number of nitrogens with zero attached hydrogens (tertiary/aromatic N) is 2. The Kier molecular flexibility index (Phi) is 4.99. The summed E-state index contributed by atoms with van der Waals surface area (Å²) in [5.41, 5.74) is 0.891. The molecule has 1 fully saturated rings. The van der Waals surface area contributed by atoms with E-state index in [1.807, 2.05) is 6.07 Å². The van der Waals surface area contributed by atoms with Crippen LogP contribution in [-0.4, -0.2) is 50.3 Å². The van der Waals surface area contributed by atoms with Crippen LogP contribution in [0.4, 0.5) is 0 Å². The molecule has 0 bridgehead atoms. The Labute approximate surface area is 114 Å². The minimum absolute atomic E-state index is 0.636. The van der Waals surface area contributed by atoms with E-state index in [9.17, 15) is 0 Å². The van der Waals surface area contributed by atoms with E-state index >= 15 is 0 Å². The van der Waals surface area contributed by atoms with Crippen molar-refractivity contribution < 1.29 is 9.47 Å². The van der Waals surface area contributed by atoms with Crippen molar-refractivity contribution in [2.45, 2.75) is 25.4 Å². The molecule has 106 valence electrons. The Morgan fingerprint density at radius 3 is 2.89 bits per heavy atom. The second kappa shape index (κ2) is 6.73. The first kappa shape index (κ1) is 14.1. The van der Waals surface area contributed by atoms with Gasteiger partial charge in [0.25, 0.3) is 0 Å². The van der Waals surface area contributed by atoms with E-state index in [4.69, 9.17) is 9.47 Å². The molecule has 1 aliphatic rings. The number of likely N-dealkylation sites (N-methyl/N-ethyl adjacent to an activating group) is 1. The summed E-state index contributed by atoms with van der Waals surface area (Å²) in [6, 6.07) is 2.45. The molecular formula is C14H23N3O2. The Morgan fingerprint density at radius 2 is 2.26 bits per heavy atom. The summed E-state index contributed by atoms with van der Waals surface area (Å²) in [5, 5.41) is 3.46. The molecule has 1 saturated heterocycles. The van der Waals surface area contributed by atoms with Crippen LogP contribution < -0.4 is 14.8 Å². The Hall–Kier alpha value is -1.33. The number of aromatic nitrogens is 1. The van der Waals surface area contributed by atoms with Crippen molar-refractivity contribution in [1.29, 1.82) is 0 Å². The van der Waals surface area contributed by atoms with Crippen molar-refractivity contribution in [2.24, 2.45) is 0 Å². The van der Waals surface area contributed by atoms with Crippen molar-refractivity contribution in [3.8, 4) is 11.5 Å². The van der Waals surface area contributed by atoms with Gasteiger partial charge in [-0.1, -0.05) is 0 Å². The molecule has 1 aromatic heterocycles. The summed E-state index contributed by atoms with van der Waals surface area (Å²) in [7, 11) is 5.47. The lowest BCUT2D eigenvalue weighted by Gasteiger charge is -2.20. The standard InChI is InChI=1S/C14H23N3O2/c1-17-8-4-5-11(17)9-15-10-12-14(19-3)13(18-2)6-7-16-12/h6-7,11,15H,4-5,8-10H2,1-3H3. The highest BCUT2D eigenvalue weighted by Gasteiger charge is 2.20. The molecule has 0 spiro atoms. The SMILES string of the molecule is COc1ccnc(CNCC2CCCN2C)c1OC. The van der Waals surface area contributed by atoms with Gasteiger partial charge in [-0.05, 0) is 26.4 Å². The highest BCUT2D eigenvalue weighted by molar-refractivity contribution is 5.42. The van der Waals surface area contributed by atoms with Crippen molar-refractivity contribution in [1.82, 2.24) is 15.2 Å². The maximum atomic E-state index is 5.37. The Bertz CT molecular complexity index is 412. The number of hydrogen-bond donors (Lipinski definition) is 1. The third kappa shape index (κ3) is 3.36. The van der Waals surface area contributed by atoms with Crippen LogP contribution in [0.25, 0.3) is 0 Å². The van der Waals surface area contributed by atoms with Gasteiger partial charge in [0.1, 0.15) is 0 Å². The van der Waals surface area contributed by atoms with Crippen molar-refractivity contribution >= 4 is 0 Å². The first-order valence-electron chi connectivity index (χ1n) is 6.73. The zero-order valence-electron chi connectivity index (χ0n) is 12.0. The van der Waals surface area contributed by atoms with Crippen LogP contribution >= 0.6 is 0 Å². The predicted octanol–water partition coefficient (Wildman–Crippen LogP) is 1.28. The van der Waals surface area contributed by atoms with Crippen molar-refractivity contribution in [3.05, 3.63) is 18.0 Å². The highest BCUT2D eigenvalue weighted by atomic mass is 16.5. The molecule has 2 rings (SSSR count). The molecule has 1 atom stereocenters. The van der Waals surface area contributed by atoms with Gasteiger partial charge in [0.15, 0.2) is 11.5 Å². The lowest BCUT2D eigenvalue weighted by Crippen LogP contribution is -2.35. The van der Waals surface area contributed by atoms with Crippen LogP contribution in [0.3, 0.4) is 0 Å². The average molecular weight is 265 g/mol. The molecule has 19 heavy (non-hydrogen) atoms. The van der Waals surface area contributed by atoms with E-state index in [2.05, 4.69) is 22.2 Å². The molecule has 1 unspecified atom stereocenters. The second-order valence-electron chi connectivity index (χ2n) is 4.90. The van der Waals surface area contributed by atoms with Gasteiger partial charge < -0.3 is 19.7 Å². The van der Waals surface area contributed by atoms with Crippen LogP contribution in [0.2, 0.25) is 0 Å². The van der Waals surface area contributed by atoms with Gasteiger partial charge in [-0.3, -0.25) is 4.98 Å². The monoisotopic (exact) mass is 265 g/mol. The summed E-state index contributed by atoms with van der Waals surface area (Å²) in [6.45, 7) is 2.89. The number of likely N-dealkylation sites (tertiary alicyclic amines) is 1. The normalized spacial score (nSPS) is 19.6. The molecule has 1 N–H and O–H groups in total. The Balaban J connectivity index is 1.92. The molecule has 0 aromatic carbocycles. The van der Waals surface area contributed by atoms with E-state index in [0.717, 1.165) is 23.7 Å². The smallest absolute Gasteiger partial charge is 0.183 e. The van der Waals surface area contributed by atoms with Crippen molar-refractivity contribution in [3.63, 3.8) is 0 Å². The number of nitrogens with one attached hydrogen (secondary N) is 1. The maximum absolute atomic E-state index is 5.37. The maximum Gasteiger partial charge on any atom is 0.183 e. The fourth-order valence-corrected chi connectivity index (χ4v) is 2.57. The number of methoxy groups -OCH3 is 2. The number of ether oxygens (including phenoxy) is 2. The minimum atomic E-state index is 0.636. The average Bonchev–Trinajstić information content (AvgIpc) is 2.84. The van der Waals surface area contributed by atoms with Gasteiger partial charge in [-0.2, -0.15) is 0 Å². The number of hydrogen-bond acceptors (Lipinski definition) is 5. The van der Waals surface area contributed by atoms with Gasteiger partial charge in [0.2, 0.25) is 0 Å². The fraction of sp³-hybridized carbons (Fsp3) is 0.643. The van der Waals surface area contributed by atoms with E-state index in [1.165, 1.54) is 19.4 Å². The molecule has 1 aromatic rings. The molecule has 0 saturated carbocycles. The van der Waals surface area contributed by atoms with Gasteiger partial charge >= 0.3 is 0 Å². The summed E-state index contributed by atoms with van der Waals surface area (Å²) in [5.74, 6) is 1.45. The third-order valence-electron chi connectivity index (χ3n) is 3.71. The van der Waals surface area contributed by atoms with Gasteiger partial charge in [0, 0.05) is 31.4 Å². The topological polar surface area (TPSA) is 46.6 Å². The first-order chi connectivity index (χ1) is 9.26. The molecule has 0 aliphatic carbocycles. The van der Waals surface area contributed by atoms with Gasteiger partial charge in [-0.15, -0.1) is 0 Å². The molecular weight excluding hydrogens is 242 g/mol. The Morgan fingerprint density at radius 1 is 1.42 bits per heavy atom. The second-order valence-corrected chi connectivity index (χ2v) is 4.90. The van der Waals surface area contributed by atoms with Crippen LogP contribution in [0, 0.1) is 0 Å². The van der Waals surface area contributed by atoms with Crippen LogP contribution in [0.1, 0.15) is 18.5 Å². The van der Waals surface area contributed by atoms with Crippen LogP contribution in [0.5, 0.6) is 11.5 Å². The molecule has 0 radical (unpaired) electrons. The minimum Gasteiger partial charge on any atom is -0.493 e. The zero-order valence-corrected chi connectivity index (χ0v) is 12.0. The van der Waals surface area contributed by atoms with E-state index in [1.54, 1.807) is 20.4 Å². The number of pyridine rings is 1. The molecule has 5 heteroatoms. The predicted molar refractivity (Wildman–Crippen MR) is 74.7 cm³/mol. The first-order valence-corrected chi connectivity index (χ1v) is 6.73. The summed E-state index contributed by atoms with van der Waals surface area (Å²) >= 11 is 0. The zero-order chi connectivity index (χ0) is 13.7. The summed E-state index contributed by atoms with van der Waals surface area (Å²) in [4.78, 5) is 6.77. The largest absolute Gasteiger partial charge is 0.493 e. The molecule has 2 heterocycles.